The molecule has 0 aliphatic carbocycles. The minimum Gasteiger partial charge on any atom is -0.422 e. The van der Waals surface area contributed by atoms with Crippen LogP contribution in [0.25, 0.3) is 43.6 Å². The number of anilines is 1. The predicted molar refractivity (Wildman–Crippen MR) is 135 cm³/mol. The van der Waals surface area contributed by atoms with E-state index in [4.69, 9.17) is 4.42 Å². The SMILES string of the molecule is O=c1oc2ccccc2c2c1C(c1cccc3ccccc13)Nc1ccc3ccccc3c1-2. The molecule has 0 spiro atoms. The summed E-state index contributed by atoms with van der Waals surface area (Å²) in [6, 6.07) is 34.7. The molecule has 5 aromatic carbocycles. The summed E-state index contributed by atoms with van der Waals surface area (Å²) in [6.45, 7) is 0. The zero-order valence-electron chi connectivity index (χ0n) is 17.7. The highest BCUT2D eigenvalue weighted by Crippen LogP contribution is 2.48. The Kier molecular flexibility index (Phi) is 3.76. The molecule has 0 radical (unpaired) electrons. The Hall–Kier alpha value is -4.37. The molecular formula is C30H19NO2. The molecule has 1 aromatic heterocycles. The van der Waals surface area contributed by atoms with E-state index in [1.807, 2.05) is 48.5 Å². The quantitative estimate of drug-likeness (QED) is 0.281. The number of fused-ring (bicyclic) bond motifs is 8. The summed E-state index contributed by atoms with van der Waals surface area (Å²) < 4.78 is 5.86. The Labute approximate surface area is 189 Å². The number of hydrogen-bond donors (Lipinski definition) is 1. The largest absolute Gasteiger partial charge is 0.422 e. The van der Waals surface area contributed by atoms with Gasteiger partial charge < -0.3 is 9.73 Å². The fourth-order valence-electron chi connectivity index (χ4n) is 5.32. The molecule has 1 atom stereocenters. The Morgan fingerprint density at radius 1 is 0.606 bits per heavy atom. The molecule has 0 amide bonds. The van der Waals surface area contributed by atoms with Crippen molar-refractivity contribution in [1.29, 1.82) is 0 Å². The van der Waals surface area contributed by atoms with Crippen LogP contribution in [0, 0.1) is 0 Å². The molecule has 1 N–H and O–H groups in total. The maximum Gasteiger partial charge on any atom is 0.342 e. The van der Waals surface area contributed by atoms with Gasteiger partial charge >= 0.3 is 5.63 Å². The molecule has 1 aliphatic heterocycles. The van der Waals surface area contributed by atoms with Crippen LogP contribution >= 0.6 is 0 Å². The molecule has 156 valence electrons. The van der Waals surface area contributed by atoms with E-state index in [1.54, 1.807) is 0 Å². The molecule has 0 bridgehead atoms. The summed E-state index contributed by atoms with van der Waals surface area (Å²) in [5.41, 5.74) is 5.08. The molecular weight excluding hydrogens is 406 g/mol. The van der Waals surface area contributed by atoms with Crippen LogP contribution in [0.4, 0.5) is 5.69 Å². The molecule has 6 aromatic rings. The molecule has 1 aliphatic rings. The molecule has 0 saturated carbocycles. The second-order valence-electron chi connectivity index (χ2n) is 8.53. The normalized spacial score (nSPS) is 14.7. The highest BCUT2D eigenvalue weighted by molar-refractivity contribution is 6.11. The van der Waals surface area contributed by atoms with Crippen molar-refractivity contribution in [1.82, 2.24) is 0 Å². The molecule has 3 nitrogen and oxygen atoms in total. The van der Waals surface area contributed by atoms with Crippen LogP contribution in [0.3, 0.4) is 0 Å². The van der Waals surface area contributed by atoms with Crippen molar-refractivity contribution >= 4 is 38.2 Å². The van der Waals surface area contributed by atoms with Gasteiger partial charge in [-0.2, -0.15) is 0 Å². The zero-order chi connectivity index (χ0) is 21.9. The molecule has 0 fully saturated rings. The number of nitrogens with one attached hydrogen (secondary N) is 1. The van der Waals surface area contributed by atoms with E-state index in [2.05, 4.69) is 59.9 Å². The fraction of sp³-hybridized carbons (Fsp3) is 0.0333. The smallest absolute Gasteiger partial charge is 0.342 e. The minimum atomic E-state index is -0.319. The van der Waals surface area contributed by atoms with Crippen molar-refractivity contribution in [2.24, 2.45) is 0 Å². The van der Waals surface area contributed by atoms with E-state index in [-0.39, 0.29) is 11.7 Å². The number of hydrogen-bond acceptors (Lipinski definition) is 3. The molecule has 1 unspecified atom stereocenters. The van der Waals surface area contributed by atoms with E-state index in [9.17, 15) is 4.79 Å². The molecule has 3 heteroatoms. The Morgan fingerprint density at radius 3 is 2.12 bits per heavy atom. The number of para-hydroxylation sites is 1. The third kappa shape index (κ3) is 2.60. The molecule has 2 heterocycles. The third-order valence-electron chi connectivity index (χ3n) is 6.75. The van der Waals surface area contributed by atoms with Gasteiger partial charge in [-0.1, -0.05) is 91.0 Å². The summed E-state index contributed by atoms with van der Waals surface area (Å²) in [7, 11) is 0. The van der Waals surface area contributed by atoms with Crippen LogP contribution < -0.4 is 10.9 Å². The van der Waals surface area contributed by atoms with E-state index in [1.165, 1.54) is 0 Å². The lowest BCUT2D eigenvalue weighted by Crippen LogP contribution is -2.25. The van der Waals surface area contributed by atoms with Gasteiger partial charge in [0.05, 0.1) is 11.6 Å². The van der Waals surface area contributed by atoms with Crippen LogP contribution in [0.15, 0.2) is 112 Å². The monoisotopic (exact) mass is 425 g/mol. The van der Waals surface area contributed by atoms with Gasteiger partial charge in [0.25, 0.3) is 0 Å². The third-order valence-corrected chi connectivity index (χ3v) is 6.75. The van der Waals surface area contributed by atoms with Crippen molar-refractivity contribution in [3.8, 4) is 11.1 Å². The maximum absolute atomic E-state index is 13.5. The van der Waals surface area contributed by atoms with Gasteiger partial charge in [0.2, 0.25) is 0 Å². The summed E-state index contributed by atoms with van der Waals surface area (Å²) in [5.74, 6) is 0. The van der Waals surface area contributed by atoms with Gasteiger partial charge in [0.15, 0.2) is 0 Å². The highest BCUT2D eigenvalue weighted by Gasteiger charge is 2.32. The van der Waals surface area contributed by atoms with Crippen molar-refractivity contribution in [3.05, 3.63) is 125 Å². The average Bonchev–Trinajstić information content (AvgIpc) is 2.87. The first-order chi connectivity index (χ1) is 16.3. The van der Waals surface area contributed by atoms with E-state index in [0.717, 1.165) is 49.3 Å². The van der Waals surface area contributed by atoms with Gasteiger partial charge in [0.1, 0.15) is 5.58 Å². The lowest BCUT2D eigenvalue weighted by atomic mass is 9.82. The van der Waals surface area contributed by atoms with E-state index < -0.39 is 0 Å². The average molecular weight is 425 g/mol. The van der Waals surface area contributed by atoms with Gasteiger partial charge in [-0.05, 0) is 39.2 Å². The van der Waals surface area contributed by atoms with Gasteiger partial charge in [-0.25, -0.2) is 4.79 Å². The van der Waals surface area contributed by atoms with Crippen molar-refractivity contribution in [3.63, 3.8) is 0 Å². The van der Waals surface area contributed by atoms with E-state index >= 15 is 0 Å². The summed E-state index contributed by atoms with van der Waals surface area (Å²) in [5, 5.41) is 9.19. The van der Waals surface area contributed by atoms with Crippen molar-refractivity contribution in [2.75, 3.05) is 5.32 Å². The van der Waals surface area contributed by atoms with Crippen LogP contribution in [0.1, 0.15) is 17.2 Å². The Morgan fingerprint density at radius 2 is 1.27 bits per heavy atom. The molecule has 33 heavy (non-hydrogen) atoms. The first-order valence-corrected chi connectivity index (χ1v) is 11.1. The van der Waals surface area contributed by atoms with Gasteiger partial charge in [-0.3, -0.25) is 0 Å². The Balaban J connectivity index is 1.65. The highest BCUT2D eigenvalue weighted by atomic mass is 16.4. The number of benzene rings is 5. The van der Waals surface area contributed by atoms with Crippen LogP contribution in [0.5, 0.6) is 0 Å². The Bertz CT molecular complexity index is 1780. The maximum atomic E-state index is 13.5. The van der Waals surface area contributed by atoms with Crippen LogP contribution in [0.2, 0.25) is 0 Å². The van der Waals surface area contributed by atoms with Gasteiger partial charge in [-0.15, -0.1) is 0 Å². The zero-order valence-corrected chi connectivity index (χ0v) is 17.7. The van der Waals surface area contributed by atoms with Crippen molar-refractivity contribution < 1.29 is 4.42 Å². The fourth-order valence-corrected chi connectivity index (χ4v) is 5.32. The lowest BCUT2D eigenvalue weighted by Gasteiger charge is -2.31. The summed E-state index contributed by atoms with van der Waals surface area (Å²) in [4.78, 5) is 13.5. The molecule has 7 rings (SSSR count). The van der Waals surface area contributed by atoms with Crippen molar-refractivity contribution in [2.45, 2.75) is 6.04 Å². The second kappa shape index (κ2) is 6.81. The summed E-state index contributed by atoms with van der Waals surface area (Å²) in [6.07, 6.45) is 0. The minimum absolute atomic E-state index is 0.298. The van der Waals surface area contributed by atoms with Crippen LogP contribution in [-0.4, -0.2) is 0 Å². The molecule has 0 saturated heterocycles. The van der Waals surface area contributed by atoms with Gasteiger partial charge in [0, 0.05) is 22.2 Å². The first kappa shape index (κ1) is 18.2. The van der Waals surface area contributed by atoms with Crippen LogP contribution in [-0.2, 0) is 0 Å². The topological polar surface area (TPSA) is 42.2 Å². The van der Waals surface area contributed by atoms with E-state index in [0.29, 0.717) is 11.1 Å². The lowest BCUT2D eigenvalue weighted by molar-refractivity contribution is 0.548. The number of rotatable bonds is 1. The standard InChI is InChI=1S/C30H19NO2/c32-30-28-27(23-13-5-6-15-25(23)33-30)26-21-12-4-2-9-19(21)16-17-24(26)31-29(28)22-14-7-10-18-8-1-3-11-20(18)22/h1-17,29,31H. The summed E-state index contributed by atoms with van der Waals surface area (Å²) >= 11 is 0. The second-order valence-corrected chi connectivity index (χ2v) is 8.53. The first-order valence-electron chi connectivity index (χ1n) is 11.1. The predicted octanol–water partition coefficient (Wildman–Crippen LogP) is 7.28.